The molecule has 1 atom stereocenters. The third-order valence-corrected chi connectivity index (χ3v) is 4.04. The van der Waals surface area contributed by atoms with Crippen LogP contribution in [0.15, 0.2) is 27.4 Å². The Labute approximate surface area is 144 Å². The smallest absolute Gasteiger partial charge is 0.340 e. The molecule has 1 amide bonds. The molecule has 2 aromatic rings. The van der Waals surface area contributed by atoms with Crippen LogP contribution in [0.4, 0.5) is 0 Å². The molecule has 1 aromatic carbocycles. The first-order chi connectivity index (χ1) is 11.9. The van der Waals surface area contributed by atoms with Gasteiger partial charge in [-0.25, -0.2) is 9.59 Å². The molecule has 0 aliphatic heterocycles. The maximum atomic E-state index is 12.2. The van der Waals surface area contributed by atoms with Gasteiger partial charge in [-0.3, -0.25) is 4.79 Å². The number of hydrogen-bond acceptors (Lipinski definition) is 5. The first-order valence-corrected chi connectivity index (χ1v) is 7.99. The number of carbonyl (C=O) groups excluding carboxylic acids is 1. The Bertz CT molecular complexity index is 855. The van der Waals surface area contributed by atoms with Crippen molar-refractivity contribution >= 4 is 22.8 Å². The number of ether oxygens (including phenoxy) is 1. The van der Waals surface area contributed by atoms with Crippen molar-refractivity contribution in [3.63, 3.8) is 0 Å². The highest BCUT2D eigenvalue weighted by atomic mass is 16.5. The second kappa shape index (κ2) is 7.83. The number of rotatable bonds is 7. The van der Waals surface area contributed by atoms with E-state index in [2.05, 4.69) is 5.32 Å². The van der Waals surface area contributed by atoms with Crippen molar-refractivity contribution in [1.82, 2.24) is 5.32 Å². The van der Waals surface area contributed by atoms with E-state index in [1.807, 2.05) is 6.92 Å². The number of methoxy groups -OCH3 is 1. The predicted molar refractivity (Wildman–Crippen MR) is 92.0 cm³/mol. The van der Waals surface area contributed by atoms with Crippen molar-refractivity contribution in [3.8, 4) is 5.75 Å². The number of benzene rings is 1. The Hall–Kier alpha value is -2.83. The first kappa shape index (κ1) is 18.5. The fraction of sp³-hybridized carbons (Fsp3) is 0.389. The van der Waals surface area contributed by atoms with Gasteiger partial charge in [-0.15, -0.1) is 0 Å². The summed E-state index contributed by atoms with van der Waals surface area (Å²) in [5.41, 5.74) is 0.610. The monoisotopic (exact) mass is 347 g/mol. The number of aryl methyl sites for hydroxylation is 1. The van der Waals surface area contributed by atoms with Crippen LogP contribution in [-0.4, -0.2) is 30.1 Å². The van der Waals surface area contributed by atoms with Gasteiger partial charge in [-0.1, -0.05) is 13.3 Å². The fourth-order valence-electron chi connectivity index (χ4n) is 2.66. The van der Waals surface area contributed by atoms with E-state index < -0.39 is 23.5 Å². The normalized spacial score (nSPS) is 12.0. The summed E-state index contributed by atoms with van der Waals surface area (Å²) in [6, 6.07) is 4.14. The van der Waals surface area contributed by atoms with E-state index in [0.29, 0.717) is 35.1 Å². The van der Waals surface area contributed by atoms with Crippen LogP contribution in [0.2, 0.25) is 0 Å². The summed E-state index contributed by atoms with van der Waals surface area (Å²) in [5.74, 6) is -1.06. The van der Waals surface area contributed by atoms with Crippen molar-refractivity contribution in [2.45, 2.75) is 39.2 Å². The summed E-state index contributed by atoms with van der Waals surface area (Å²) >= 11 is 0. The molecule has 7 nitrogen and oxygen atoms in total. The molecular formula is C18H21NO6. The van der Waals surface area contributed by atoms with Crippen LogP contribution in [0.5, 0.6) is 5.75 Å². The minimum Gasteiger partial charge on any atom is -0.497 e. The summed E-state index contributed by atoms with van der Waals surface area (Å²) in [6.45, 7) is 3.56. The second-order valence-electron chi connectivity index (χ2n) is 5.78. The highest BCUT2D eigenvalue weighted by Gasteiger charge is 2.21. The van der Waals surface area contributed by atoms with Gasteiger partial charge in [0, 0.05) is 11.5 Å². The van der Waals surface area contributed by atoms with Gasteiger partial charge in [0.25, 0.3) is 0 Å². The Morgan fingerprint density at radius 3 is 2.68 bits per heavy atom. The van der Waals surface area contributed by atoms with Crippen molar-refractivity contribution < 1.29 is 23.8 Å². The summed E-state index contributed by atoms with van der Waals surface area (Å²) in [6.07, 6.45) is 0.714. The Morgan fingerprint density at radius 2 is 2.08 bits per heavy atom. The Morgan fingerprint density at radius 1 is 1.36 bits per heavy atom. The molecule has 2 N–H and O–H groups in total. The van der Waals surface area contributed by atoms with Crippen LogP contribution in [-0.2, 0) is 16.0 Å². The average molecular weight is 347 g/mol. The summed E-state index contributed by atoms with van der Waals surface area (Å²) in [4.78, 5) is 35.5. The molecule has 1 aromatic heterocycles. The number of carboxylic acid groups (broad SMARTS) is 1. The molecule has 2 rings (SSSR count). The minimum absolute atomic E-state index is 0.218. The third kappa shape index (κ3) is 4.17. The zero-order valence-corrected chi connectivity index (χ0v) is 14.4. The lowest BCUT2D eigenvalue weighted by Gasteiger charge is -2.14. The van der Waals surface area contributed by atoms with Gasteiger partial charge >= 0.3 is 11.6 Å². The number of carboxylic acids is 1. The molecule has 7 heteroatoms. The zero-order chi connectivity index (χ0) is 18.6. The van der Waals surface area contributed by atoms with Gasteiger partial charge in [0.1, 0.15) is 17.4 Å². The molecule has 0 spiro atoms. The van der Waals surface area contributed by atoms with Crippen LogP contribution in [0.25, 0.3) is 11.0 Å². The minimum atomic E-state index is -1.09. The van der Waals surface area contributed by atoms with Gasteiger partial charge in [0.15, 0.2) is 0 Å². The average Bonchev–Trinajstić information content (AvgIpc) is 2.57. The van der Waals surface area contributed by atoms with Crippen LogP contribution in [0, 0.1) is 6.92 Å². The molecule has 1 heterocycles. The van der Waals surface area contributed by atoms with Crippen LogP contribution < -0.4 is 15.7 Å². The maximum absolute atomic E-state index is 12.2. The van der Waals surface area contributed by atoms with E-state index in [-0.39, 0.29) is 12.0 Å². The molecule has 0 fully saturated rings. The zero-order valence-electron chi connectivity index (χ0n) is 14.4. The second-order valence-corrected chi connectivity index (χ2v) is 5.78. The summed E-state index contributed by atoms with van der Waals surface area (Å²) < 4.78 is 10.4. The van der Waals surface area contributed by atoms with Crippen molar-refractivity contribution in [2.75, 3.05) is 7.11 Å². The topological polar surface area (TPSA) is 106 Å². The molecule has 0 unspecified atom stereocenters. The Balaban J connectivity index is 2.30. The highest BCUT2D eigenvalue weighted by molar-refractivity contribution is 5.87. The standard InChI is InChI=1S/C18H21NO6/c1-4-5-14(17(21)22)19-16(20)9-13-10(2)12-7-6-11(24-3)8-15(12)25-18(13)23/h6-8,14H,4-5,9H2,1-3H3,(H,19,20)(H,21,22)/t14-/m1/s1. The number of fused-ring (bicyclic) bond motifs is 1. The Kier molecular flexibility index (Phi) is 5.80. The van der Waals surface area contributed by atoms with Crippen molar-refractivity contribution in [1.29, 1.82) is 0 Å². The molecule has 0 saturated heterocycles. The van der Waals surface area contributed by atoms with E-state index in [4.69, 9.17) is 14.3 Å². The fourth-order valence-corrected chi connectivity index (χ4v) is 2.66. The lowest BCUT2D eigenvalue weighted by molar-refractivity contribution is -0.141. The molecule has 0 radical (unpaired) electrons. The van der Waals surface area contributed by atoms with Gasteiger partial charge in [0.05, 0.1) is 19.1 Å². The molecule has 0 aliphatic rings. The third-order valence-electron chi connectivity index (χ3n) is 4.04. The summed E-state index contributed by atoms with van der Waals surface area (Å²) in [7, 11) is 1.51. The lowest BCUT2D eigenvalue weighted by atomic mass is 10.0. The van der Waals surface area contributed by atoms with Gasteiger partial charge < -0.3 is 19.6 Å². The van der Waals surface area contributed by atoms with Crippen LogP contribution >= 0.6 is 0 Å². The summed E-state index contributed by atoms with van der Waals surface area (Å²) in [5, 5.41) is 12.3. The molecule has 134 valence electrons. The molecule has 0 saturated carbocycles. The highest BCUT2D eigenvalue weighted by Crippen LogP contribution is 2.24. The van der Waals surface area contributed by atoms with E-state index in [0.717, 1.165) is 0 Å². The van der Waals surface area contributed by atoms with Gasteiger partial charge in [0.2, 0.25) is 5.91 Å². The number of carbonyl (C=O) groups is 2. The maximum Gasteiger partial charge on any atom is 0.340 e. The van der Waals surface area contributed by atoms with E-state index in [1.165, 1.54) is 7.11 Å². The lowest BCUT2D eigenvalue weighted by Crippen LogP contribution is -2.41. The number of aliphatic carboxylic acids is 1. The van der Waals surface area contributed by atoms with Crippen LogP contribution in [0.1, 0.15) is 30.9 Å². The number of hydrogen-bond donors (Lipinski definition) is 2. The van der Waals surface area contributed by atoms with Crippen molar-refractivity contribution in [2.24, 2.45) is 0 Å². The largest absolute Gasteiger partial charge is 0.497 e. The molecular weight excluding hydrogens is 326 g/mol. The first-order valence-electron chi connectivity index (χ1n) is 7.99. The number of nitrogens with one attached hydrogen (secondary N) is 1. The van der Waals surface area contributed by atoms with Gasteiger partial charge in [-0.05, 0) is 31.0 Å². The van der Waals surface area contributed by atoms with E-state index in [9.17, 15) is 14.4 Å². The van der Waals surface area contributed by atoms with E-state index >= 15 is 0 Å². The van der Waals surface area contributed by atoms with Crippen LogP contribution in [0.3, 0.4) is 0 Å². The van der Waals surface area contributed by atoms with Crippen molar-refractivity contribution in [3.05, 3.63) is 39.7 Å². The predicted octanol–water partition coefficient (Wildman–Crippen LogP) is 2.02. The number of amides is 1. The molecule has 0 bridgehead atoms. The SMILES string of the molecule is CCC[C@@H](NC(=O)Cc1c(C)c2ccc(OC)cc2oc1=O)C(=O)O. The molecule has 0 aliphatic carbocycles. The molecule has 25 heavy (non-hydrogen) atoms. The van der Waals surface area contributed by atoms with E-state index in [1.54, 1.807) is 25.1 Å². The quantitative estimate of drug-likeness (QED) is 0.742. The van der Waals surface area contributed by atoms with Gasteiger partial charge in [-0.2, -0.15) is 0 Å².